The molecule has 2 atom stereocenters. The first kappa shape index (κ1) is 20.2. The normalized spacial score (nSPS) is 20.5. The summed E-state index contributed by atoms with van der Waals surface area (Å²) < 4.78 is 13.2. The third-order valence-electron chi connectivity index (χ3n) is 5.77. The number of carbonyl (C=O) groups excluding carboxylic acids is 2. The minimum absolute atomic E-state index is 0.118. The monoisotopic (exact) mass is 414 g/mol. The number of rotatable bonds is 4. The Morgan fingerprint density at radius 1 is 1.27 bits per heavy atom. The molecular formula is C20H23FN6O3. The van der Waals surface area contributed by atoms with Crippen molar-refractivity contribution < 1.29 is 19.1 Å². The van der Waals surface area contributed by atoms with Crippen molar-refractivity contribution in [2.75, 3.05) is 42.9 Å². The third-order valence-corrected chi connectivity index (χ3v) is 5.77. The molecular weight excluding hydrogens is 391 g/mol. The minimum atomic E-state index is -1.92. The number of piperazine rings is 1. The van der Waals surface area contributed by atoms with E-state index in [9.17, 15) is 19.1 Å². The average molecular weight is 414 g/mol. The van der Waals surface area contributed by atoms with Crippen LogP contribution < -0.4 is 16.0 Å². The highest BCUT2D eigenvalue weighted by molar-refractivity contribution is 6.03. The second-order valence-corrected chi connectivity index (χ2v) is 7.52. The number of nitrogens with zero attached hydrogens (tertiary/aromatic N) is 4. The van der Waals surface area contributed by atoms with Crippen LogP contribution in [0.5, 0.6) is 0 Å². The van der Waals surface area contributed by atoms with E-state index in [1.165, 1.54) is 30.6 Å². The second kappa shape index (κ2) is 7.62. The summed E-state index contributed by atoms with van der Waals surface area (Å²) in [7, 11) is 0. The topological polar surface area (TPSA) is 125 Å². The Morgan fingerprint density at radius 3 is 2.57 bits per heavy atom. The molecule has 0 saturated carbocycles. The number of aromatic nitrogens is 2. The average Bonchev–Trinajstić information content (AvgIpc) is 3.07. The summed E-state index contributed by atoms with van der Waals surface area (Å²) in [5.74, 6) is -0.256. The molecule has 10 heteroatoms. The van der Waals surface area contributed by atoms with Gasteiger partial charge in [-0.25, -0.2) is 14.4 Å². The van der Waals surface area contributed by atoms with E-state index in [1.807, 2.05) is 4.90 Å². The Balaban J connectivity index is 1.50. The van der Waals surface area contributed by atoms with Crippen molar-refractivity contribution in [3.8, 4) is 0 Å². The standard InChI is InChI=1S/C20H23FN6O3/c1-12-15-16(25-18(12)28)23-11-24-17(15)26-6-8-27(9-7-26)19(29)20(30,10-22)13-2-4-14(21)5-3-13/h2-5,11-12,30H,6-10,22H2,1H3,(H,23,24,25,28)/t12?,20-/m0/s1. The van der Waals surface area contributed by atoms with E-state index >= 15 is 0 Å². The first-order chi connectivity index (χ1) is 14.3. The van der Waals surface area contributed by atoms with Crippen molar-refractivity contribution >= 4 is 23.5 Å². The van der Waals surface area contributed by atoms with Gasteiger partial charge in [0.1, 0.15) is 23.8 Å². The lowest BCUT2D eigenvalue weighted by molar-refractivity contribution is -0.151. The number of hydrogen-bond donors (Lipinski definition) is 3. The van der Waals surface area contributed by atoms with Crippen molar-refractivity contribution in [3.63, 3.8) is 0 Å². The lowest BCUT2D eigenvalue weighted by Gasteiger charge is -2.39. The zero-order valence-electron chi connectivity index (χ0n) is 16.5. The Labute approximate surface area is 172 Å². The van der Waals surface area contributed by atoms with Crippen LogP contribution >= 0.6 is 0 Å². The number of benzene rings is 1. The van der Waals surface area contributed by atoms with Crippen LogP contribution in [-0.4, -0.2) is 64.5 Å². The summed E-state index contributed by atoms with van der Waals surface area (Å²) >= 11 is 0. The van der Waals surface area contributed by atoms with Gasteiger partial charge in [-0.2, -0.15) is 0 Å². The highest BCUT2D eigenvalue weighted by Crippen LogP contribution is 2.37. The van der Waals surface area contributed by atoms with Crippen LogP contribution in [-0.2, 0) is 15.2 Å². The van der Waals surface area contributed by atoms with E-state index in [2.05, 4.69) is 15.3 Å². The van der Waals surface area contributed by atoms with Crippen LogP contribution in [0.3, 0.4) is 0 Å². The quantitative estimate of drug-likeness (QED) is 0.651. The van der Waals surface area contributed by atoms with Gasteiger partial charge in [0.25, 0.3) is 5.91 Å². The second-order valence-electron chi connectivity index (χ2n) is 7.52. The van der Waals surface area contributed by atoms with Gasteiger partial charge in [-0.15, -0.1) is 0 Å². The molecule has 1 unspecified atom stereocenters. The van der Waals surface area contributed by atoms with Crippen LogP contribution in [0.25, 0.3) is 0 Å². The number of aliphatic hydroxyl groups is 1. The number of carbonyl (C=O) groups is 2. The summed E-state index contributed by atoms with van der Waals surface area (Å²) in [6, 6.07) is 5.11. The van der Waals surface area contributed by atoms with Gasteiger partial charge in [0, 0.05) is 38.3 Å². The third kappa shape index (κ3) is 3.27. The summed E-state index contributed by atoms with van der Waals surface area (Å²) in [6.45, 7) is 3.12. The predicted molar refractivity (Wildman–Crippen MR) is 107 cm³/mol. The SMILES string of the molecule is CC1C(=O)Nc2ncnc(N3CCN(C(=O)[C@](O)(CN)c4ccc(F)cc4)CC3)c21. The maximum atomic E-state index is 13.2. The number of halogens is 1. The molecule has 2 aliphatic heterocycles. The first-order valence-electron chi connectivity index (χ1n) is 9.73. The van der Waals surface area contributed by atoms with Crippen LogP contribution in [0.15, 0.2) is 30.6 Å². The fourth-order valence-corrected chi connectivity index (χ4v) is 3.93. The molecule has 30 heavy (non-hydrogen) atoms. The maximum Gasteiger partial charge on any atom is 0.260 e. The van der Waals surface area contributed by atoms with Crippen molar-refractivity contribution in [2.24, 2.45) is 5.73 Å². The lowest BCUT2D eigenvalue weighted by atomic mass is 9.92. The molecule has 3 heterocycles. The van der Waals surface area contributed by atoms with Crippen LogP contribution in [0.2, 0.25) is 0 Å². The number of hydrogen-bond acceptors (Lipinski definition) is 7. The first-order valence-corrected chi connectivity index (χ1v) is 9.73. The van der Waals surface area contributed by atoms with Crippen LogP contribution in [0, 0.1) is 5.82 Å². The maximum absolute atomic E-state index is 13.2. The van der Waals surface area contributed by atoms with Crippen molar-refractivity contribution in [2.45, 2.75) is 18.4 Å². The Bertz CT molecular complexity index is 977. The summed E-state index contributed by atoms with van der Waals surface area (Å²) in [5.41, 5.74) is 4.83. The molecule has 2 aromatic rings. The highest BCUT2D eigenvalue weighted by Gasteiger charge is 2.41. The van der Waals surface area contributed by atoms with Gasteiger partial charge in [0.15, 0.2) is 5.60 Å². The molecule has 2 aliphatic rings. The molecule has 1 aromatic carbocycles. The molecule has 0 radical (unpaired) electrons. The molecule has 1 aromatic heterocycles. The molecule has 1 saturated heterocycles. The predicted octanol–water partition coefficient (Wildman–Crippen LogP) is 0.166. The summed E-state index contributed by atoms with van der Waals surface area (Å²) in [4.78, 5) is 37.1. The number of amides is 2. The van der Waals surface area contributed by atoms with E-state index in [4.69, 9.17) is 5.73 Å². The van der Waals surface area contributed by atoms with Crippen LogP contribution in [0.1, 0.15) is 24.0 Å². The molecule has 4 N–H and O–H groups in total. The smallest absolute Gasteiger partial charge is 0.260 e. The zero-order valence-corrected chi connectivity index (χ0v) is 16.5. The van der Waals surface area contributed by atoms with Crippen molar-refractivity contribution in [1.29, 1.82) is 0 Å². The van der Waals surface area contributed by atoms with Gasteiger partial charge in [-0.05, 0) is 24.6 Å². The van der Waals surface area contributed by atoms with Gasteiger partial charge in [0.05, 0.1) is 5.92 Å². The zero-order chi connectivity index (χ0) is 21.5. The van der Waals surface area contributed by atoms with Crippen molar-refractivity contribution in [1.82, 2.24) is 14.9 Å². The largest absolute Gasteiger partial charge is 0.374 e. The van der Waals surface area contributed by atoms with E-state index < -0.39 is 17.3 Å². The van der Waals surface area contributed by atoms with E-state index in [0.29, 0.717) is 37.8 Å². The molecule has 2 amide bonds. The molecule has 4 rings (SSSR count). The number of anilines is 2. The van der Waals surface area contributed by atoms with Gasteiger partial charge < -0.3 is 26.0 Å². The molecule has 0 spiro atoms. The van der Waals surface area contributed by atoms with E-state index in [0.717, 1.165) is 5.56 Å². The lowest BCUT2D eigenvalue weighted by Crippen LogP contribution is -2.57. The molecule has 158 valence electrons. The Morgan fingerprint density at radius 2 is 1.93 bits per heavy atom. The van der Waals surface area contributed by atoms with Gasteiger partial charge >= 0.3 is 0 Å². The molecule has 1 fully saturated rings. The van der Waals surface area contributed by atoms with Crippen LogP contribution in [0.4, 0.5) is 16.0 Å². The van der Waals surface area contributed by atoms with Crippen molar-refractivity contribution in [3.05, 3.63) is 47.5 Å². The van der Waals surface area contributed by atoms with E-state index in [-0.39, 0.29) is 23.9 Å². The molecule has 9 nitrogen and oxygen atoms in total. The summed E-state index contributed by atoms with van der Waals surface area (Å²) in [6.07, 6.45) is 1.41. The summed E-state index contributed by atoms with van der Waals surface area (Å²) in [5, 5.41) is 13.7. The number of nitrogens with one attached hydrogen (secondary N) is 1. The van der Waals surface area contributed by atoms with Gasteiger partial charge in [0.2, 0.25) is 5.91 Å². The van der Waals surface area contributed by atoms with Gasteiger partial charge in [-0.3, -0.25) is 9.59 Å². The fraction of sp³-hybridized carbons (Fsp3) is 0.400. The number of fused-ring (bicyclic) bond motifs is 1. The van der Waals surface area contributed by atoms with E-state index in [1.54, 1.807) is 11.8 Å². The Kier molecular flexibility index (Phi) is 5.12. The molecule has 0 bridgehead atoms. The van der Waals surface area contributed by atoms with Gasteiger partial charge in [-0.1, -0.05) is 12.1 Å². The highest BCUT2D eigenvalue weighted by atomic mass is 19.1. The number of nitrogens with two attached hydrogens (primary N) is 1. The minimum Gasteiger partial charge on any atom is -0.374 e. The molecule has 0 aliphatic carbocycles. The Hall–Kier alpha value is -3.11. The fourth-order valence-electron chi connectivity index (χ4n) is 3.93.